The summed E-state index contributed by atoms with van der Waals surface area (Å²) in [4.78, 5) is 26.7. The van der Waals surface area contributed by atoms with Gasteiger partial charge in [0.05, 0.1) is 12.1 Å². The van der Waals surface area contributed by atoms with Gasteiger partial charge in [0.25, 0.3) is 5.91 Å². The van der Waals surface area contributed by atoms with Crippen molar-refractivity contribution >= 4 is 16.8 Å². The molecule has 2 N–H and O–H groups in total. The quantitative estimate of drug-likeness (QED) is 0.711. The Kier molecular flexibility index (Phi) is 4.38. The van der Waals surface area contributed by atoms with Crippen molar-refractivity contribution in [3.8, 4) is 5.75 Å². The van der Waals surface area contributed by atoms with Crippen LogP contribution in [0.1, 0.15) is 10.4 Å². The Labute approximate surface area is 132 Å². The molecule has 0 aliphatic carbocycles. The number of amides is 1. The van der Waals surface area contributed by atoms with E-state index in [-0.39, 0.29) is 11.5 Å². The summed E-state index contributed by atoms with van der Waals surface area (Å²) in [5.74, 6) is 0.465. The van der Waals surface area contributed by atoms with E-state index in [1.54, 1.807) is 12.1 Å². The first-order valence-corrected chi connectivity index (χ1v) is 7.32. The second-order valence-electron chi connectivity index (χ2n) is 5.01. The van der Waals surface area contributed by atoms with Gasteiger partial charge in [0.15, 0.2) is 0 Å². The van der Waals surface area contributed by atoms with E-state index in [4.69, 9.17) is 4.74 Å². The minimum absolute atomic E-state index is 0.288. The molecule has 0 bridgehead atoms. The predicted octanol–water partition coefficient (Wildman–Crippen LogP) is 2.34. The molecular formula is C18H16N2O3. The largest absolute Gasteiger partial charge is 0.492 e. The molecule has 5 heteroatoms. The molecule has 0 saturated carbocycles. The van der Waals surface area contributed by atoms with Crippen LogP contribution in [0.5, 0.6) is 5.75 Å². The highest BCUT2D eigenvalue weighted by molar-refractivity contribution is 6.05. The number of rotatable bonds is 5. The lowest BCUT2D eigenvalue weighted by atomic mass is 10.1. The Morgan fingerprint density at radius 3 is 2.61 bits per heavy atom. The first-order chi connectivity index (χ1) is 11.2. The van der Waals surface area contributed by atoms with Crippen LogP contribution in [0, 0.1) is 0 Å². The number of carbonyl (C=O) groups excluding carboxylic acids is 1. The van der Waals surface area contributed by atoms with Gasteiger partial charge in [0.2, 0.25) is 5.56 Å². The monoisotopic (exact) mass is 308 g/mol. The molecule has 1 amide bonds. The first kappa shape index (κ1) is 14.8. The van der Waals surface area contributed by atoms with Crippen LogP contribution in [0.25, 0.3) is 10.9 Å². The van der Waals surface area contributed by atoms with Crippen molar-refractivity contribution in [2.75, 3.05) is 13.2 Å². The predicted molar refractivity (Wildman–Crippen MR) is 88.8 cm³/mol. The van der Waals surface area contributed by atoms with Crippen LogP contribution < -0.4 is 15.6 Å². The molecule has 0 radical (unpaired) electrons. The van der Waals surface area contributed by atoms with E-state index in [0.29, 0.717) is 29.6 Å². The number of ether oxygens (including phenoxy) is 1. The molecule has 0 fully saturated rings. The molecule has 116 valence electrons. The molecule has 1 aromatic heterocycles. The van der Waals surface area contributed by atoms with Crippen molar-refractivity contribution in [1.82, 2.24) is 10.3 Å². The second kappa shape index (κ2) is 6.79. The first-order valence-electron chi connectivity index (χ1n) is 7.32. The van der Waals surface area contributed by atoms with Gasteiger partial charge in [-0.2, -0.15) is 0 Å². The maximum Gasteiger partial charge on any atom is 0.252 e. The smallest absolute Gasteiger partial charge is 0.252 e. The van der Waals surface area contributed by atoms with E-state index in [0.717, 1.165) is 5.75 Å². The zero-order valence-electron chi connectivity index (χ0n) is 12.4. The van der Waals surface area contributed by atoms with Gasteiger partial charge >= 0.3 is 0 Å². The molecule has 1 heterocycles. The van der Waals surface area contributed by atoms with Gasteiger partial charge < -0.3 is 15.0 Å². The number of carbonyl (C=O) groups is 1. The molecule has 0 saturated heterocycles. The average molecular weight is 308 g/mol. The lowest BCUT2D eigenvalue weighted by Crippen LogP contribution is -2.29. The zero-order chi connectivity index (χ0) is 16.1. The van der Waals surface area contributed by atoms with Crippen molar-refractivity contribution in [1.29, 1.82) is 0 Å². The van der Waals surface area contributed by atoms with Gasteiger partial charge in [0, 0.05) is 17.0 Å². The molecule has 3 aromatic rings. The molecule has 3 rings (SSSR count). The Balaban J connectivity index is 1.66. The number of aromatic amines is 1. The van der Waals surface area contributed by atoms with E-state index >= 15 is 0 Å². The maximum absolute atomic E-state index is 12.3. The van der Waals surface area contributed by atoms with Crippen LogP contribution in [-0.2, 0) is 0 Å². The van der Waals surface area contributed by atoms with Crippen molar-refractivity contribution in [3.63, 3.8) is 0 Å². The number of hydrogen-bond acceptors (Lipinski definition) is 3. The van der Waals surface area contributed by atoms with E-state index in [9.17, 15) is 9.59 Å². The van der Waals surface area contributed by atoms with Crippen molar-refractivity contribution in [2.45, 2.75) is 0 Å². The third-order valence-corrected chi connectivity index (χ3v) is 3.39. The van der Waals surface area contributed by atoms with Crippen LogP contribution in [0.15, 0.2) is 65.5 Å². The number of pyridine rings is 1. The second-order valence-corrected chi connectivity index (χ2v) is 5.01. The lowest BCUT2D eigenvalue weighted by molar-refractivity contribution is 0.0948. The SMILES string of the molecule is O=C(NCCOc1ccccc1)c1cc(=O)[nH]c2ccccc12. The highest BCUT2D eigenvalue weighted by Crippen LogP contribution is 2.14. The summed E-state index contributed by atoms with van der Waals surface area (Å²) < 4.78 is 5.52. The molecule has 5 nitrogen and oxygen atoms in total. The van der Waals surface area contributed by atoms with Gasteiger partial charge in [-0.05, 0) is 18.2 Å². The van der Waals surface area contributed by atoms with Crippen LogP contribution in [0.3, 0.4) is 0 Å². The highest BCUT2D eigenvalue weighted by atomic mass is 16.5. The Morgan fingerprint density at radius 2 is 1.78 bits per heavy atom. The average Bonchev–Trinajstić information content (AvgIpc) is 2.58. The maximum atomic E-state index is 12.3. The van der Waals surface area contributed by atoms with Crippen molar-refractivity contribution < 1.29 is 9.53 Å². The normalized spacial score (nSPS) is 10.4. The molecule has 2 aromatic carbocycles. The fourth-order valence-corrected chi connectivity index (χ4v) is 2.34. The molecule has 0 unspecified atom stereocenters. The molecule has 23 heavy (non-hydrogen) atoms. The topological polar surface area (TPSA) is 71.2 Å². The van der Waals surface area contributed by atoms with E-state index in [1.807, 2.05) is 42.5 Å². The molecule has 0 atom stereocenters. The number of para-hydroxylation sites is 2. The fraction of sp³-hybridized carbons (Fsp3) is 0.111. The minimum Gasteiger partial charge on any atom is -0.492 e. The molecular weight excluding hydrogens is 292 g/mol. The van der Waals surface area contributed by atoms with Crippen molar-refractivity contribution in [2.24, 2.45) is 0 Å². The Morgan fingerprint density at radius 1 is 1.04 bits per heavy atom. The van der Waals surface area contributed by atoms with Gasteiger partial charge in [-0.1, -0.05) is 36.4 Å². The summed E-state index contributed by atoms with van der Waals surface area (Å²) in [6.45, 7) is 0.714. The van der Waals surface area contributed by atoms with Gasteiger partial charge in [-0.25, -0.2) is 0 Å². The van der Waals surface area contributed by atoms with E-state index < -0.39 is 0 Å². The minimum atomic E-state index is -0.297. The van der Waals surface area contributed by atoms with Crippen molar-refractivity contribution in [3.05, 3.63) is 76.6 Å². The summed E-state index contributed by atoms with van der Waals surface area (Å²) in [7, 11) is 0. The van der Waals surface area contributed by atoms with E-state index in [1.165, 1.54) is 6.07 Å². The lowest BCUT2D eigenvalue weighted by Gasteiger charge is -2.09. The highest BCUT2D eigenvalue weighted by Gasteiger charge is 2.10. The zero-order valence-corrected chi connectivity index (χ0v) is 12.4. The van der Waals surface area contributed by atoms with Gasteiger partial charge in [0.1, 0.15) is 12.4 Å². The number of H-pyrrole nitrogens is 1. The Hall–Kier alpha value is -3.08. The molecule has 0 aliphatic rings. The summed E-state index contributed by atoms with van der Waals surface area (Å²) >= 11 is 0. The summed E-state index contributed by atoms with van der Waals surface area (Å²) in [5.41, 5.74) is 0.712. The molecule has 0 aliphatic heterocycles. The van der Waals surface area contributed by atoms with Crippen LogP contribution in [0.2, 0.25) is 0 Å². The fourth-order valence-electron chi connectivity index (χ4n) is 2.34. The number of aromatic nitrogens is 1. The van der Waals surface area contributed by atoms with Gasteiger partial charge in [-0.3, -0.25) is 9.59 Å². The van der Waals surface area contributed by atoms with Crippen LogP contribution in [0.4, 0.5) is 0 Å². The summed E-state index contributed by atoms with van der Waals surface area (Å²) in [5, 5.41) is 3.49. The van der Waals surface area contributed by atoms with Crippen LogP contribution in [-0.4, -0.2) is 24.0 Å². The number of benzene rings is 2. The Bertz CT molecular complexity index is 872. The number of fused-ring (bicyclic) bond motifs is 1. The van der Waals surface area contributed by atoms with Crippen LogP contribution >= 0.6 is 0 Å². The standard InChI is InChI=1S/C18H16N2O3/c21-17-12-15(14-8-4-5-9-16(14)20-17)18(22)19-10-11-23-13-6-2-1-3-7-13/h1-9,12H,10-11H2,(H,19,22)(H,20,21). The number of hydrogen-bond donors (Lipinski definition) is 2. The molecule has 0 spiro atoms. The van der Waals surface area contributed by atoms with E-state index in [2.05, 4.69) is 10.3 Å². The van der Waals surface area contributed by atoms with Gasteiger partial charge in [-0.15, -0.1) is 0 Å². The number of nitrogens with one attached hydrogen (secondary N) is 2. The third-order valence-electron chi connectivity index (χ3n) is 3.39. The summed E-state index contributed by atoms with van der Waals surface area (Å²) in [6.07, 6.45) is 0. The summed E-state index contributed by atoms with van der Waals surface area (Å²) in [6, 6.07) is 17.9. The third kappa shape index (κ3) is 3.58.